The van der Waals surface area contributed by atoms with Gasteiger partial charge in [-0.1, -0.05) is 50.2 Å². The van der Waals surface area contributed by atoms with Gasteiger partial charge in [-0.05, 0) is 97.1 Å². The molecule has 0 aliphatic rings. The number of fused-ring (bicyclic) bond motifs is 3. The van der Waals surface area contributed by atoms with E-state index in [2.05, 4.69) is 52.6 Å². The molecule has 0 amide bonds. The molecule has 8 rings (SSSR count). The zero-order valence-electron chi connectivity index (χ0n) is 27.9. The van der Waals surface area contributed by atoms with Crippen LogP contribution in [0.25, 0.3) is 50.3 Å². The number of benzene rings is 4. The highest BCUT2D eigenvalue weighted by molar-refractivity contribution is 6.09. The Morgan fingerprint density at radius 1 is 0.520 bits per heavy atom. The van der Waals surface area contributed by atoms with Gasteiger partial charge in [0.05, 0.1) is 22.4 Å². The molecular formula is C43H35N5O2. The first kappa shape index (κ1) is 31.0. The van der Waals surface area contributed by atoms with E-state index in [9.17, 15) is 0 Å². The van der Waals surface area contributed by atoms with Crippen molar-refractivity contribution in [2.24, 2.45) is 0 Å². The lowest BCUT2D eigenvalue weighted by Gasteiger charge is -2.13. The Morgan fingerprint density at radius 3 is 1.48 bits per heavy atom. The molecule has 7 nitrogen and oxygen atoms in total. The molecule has 0 N–H and O–H groups in total. The van der Waals surface area contributed by atoms with Crippen LogP contribution in [0.1, 0.15) is 38.2 Å². The van der Waals surface area contributed by atoms with Gasteiger partial charge >= 0.3 is 0 Å². The van der Waals surface area contributed by atoms with Crippen LogP contribution in [-0.4, -0.2) is 24.5 Å². The van der Waals surface area contributed by atoms with Crippen LogP contribution in [0.2, 0.25) is 0 Å². The standard InChI is InChI=1S/C43H35N5O2/c1-3-29(4-2)32-27-46-43(47-28-32)48-41-25-35(49-33-13-9-11-30(23-33)39-15-5-7-21-44-39)17-19-37(41)38-20-18-36(26-42(38)48)50-34-14-10-12-31(24-34)40-16-6-8-22-45-40/h5-29H,3-4H2,1-2H3. The summed E-state index contributed by atoms with van der Waals surface area (Å²) in [7, 11) is 0. The molecule has 7 heteroatoms. The lowest BCUT2D eigenvalue weighted by Crippen LogP contribution is -2.04. The van der Waals surface area contributed by atoms with E-state index in [4.69, 9.17) is 19.4 Å². The van der Waals surface area contributed by atoms with Gasteiger partial charge < -0.3 is 9.47 Å². The monoisotopic (exact) mass is 653 g/mol. The molecule has 0 bridgehead atoms. The summed E-state index contributed by atoms with van der Waals surface area (Å²) in [6, 6.07) is 40.1. The third-order valence-corrected chi connectivity index (χ3v) is 9.09. The Hall–Kier alpha value is -6.34. The zero-order chi connectivity index (χ0) is 33.9. The van der Waals surface area contributed by atoms with E-state index in [1.807, 2.05) is 109 Å². The van der Waals surface area contributed by atoms with Gasteiger partial charge in [0.15, 0.2) is 0 Å². The van der Waals surface area contributed by atoms with Gasteiger partial charge in [-0.25, -0.2) is 9.97 Å². The largest absolute Gasteiger partial charge is 0.457 e. The summed E-state index contributed by atoms with van der Waals surface area (Å²) in [5, 5.41) is 2.12. The molecule has 0 saturated carbocycles. The van der Waals surface area contributed by atoms with Crippen LogP contribution in [0.4, 0.5) is 0 Å². The fourth-order valence-electron chi connectivity index (χ4n) is 6.52. The van der Waals surface area contributed by atoms with E-state index < -0.39 is 0 Å². The first-order valence-electron chi connectivity index (χ1n) is 17.0. The Labute approximate surface area is 290 Å². The Kier molecular flexibility index (Phi) is 8.45. The van der Waals surface area contributed by atoms with Crippen molar-refractivity contribution in [3.63, 3.8) is 0 Å². The number of aromatic nitrogens is 5. The van der Waals surface area contributed by atoms with Crippen molar-refractivity contribution in [3.8, 4) is 51.5 Å². The molecule has 0 fully saturated rings. The summed E-state index contributed by atoms with van der Waals surface area (Å²) in [5.74, 6) is 3.87. The lowest BCUT2D eigenvalue weighted by molar-refractivity contribution is 0.483. The minimum atomic E-state index is 0.422. The van der Waals surface area contributed by atoms with E-state index in [0.717, 1.165) is 74.2 Å². The average Bonchev–Trinajstić information content (AvgIpc) is 3.49. The minimum absolute atomic E-state index is 0.422. The summed E-state index contributed by atoms with van der Waals surface area (Å²) in [6.45, 7) is 4.41. The van der Waals surface area contributed by atoms with Gasteiger partial charge in [0.25, 0.3) is 0 Å². The number of hydrogen-bond acceptors (Lipinski definition) is 6. The van der Waals surface area contributed by atoms with E-state index >= 15 is 0 Å². The van der Waals surface area contributed by atoms with Crippen LogP contribution in [0.3, 0.4) is 0 Å². The quantitative estimate of drug-likeness (QED) is 0.146. The van der Waals surface area contributed by atoms with Crippen LogP contribution in [0.5, 0.6) is 23.0 Å². The number of hydrogen-bond donors (Lipinski definition) is 0. The molecule has 4 aromatic heterocycles. The predicted molar refractivity (Wildman–Crippen MR) is 199 cm³/mol. The minimum Gasteiger partial charge on any atom is -0.457 e. The van der Waals surface area contributed by atoms with Gasteiger partial charge in [-0.2, -0.15) is 0 Å². The first-order valence-corrected chi connectivity index (χ1v) is 17.0. The number of rotatable bonds is 10. The van der Waals surface area contributed by atoms with Crippen molar-refractivity contribution >= 4 is 21.8 Å². The van der Waals surface area contributed by atoms with E-state index in [1.54, 1.807) is 12.4 Å². The van der Waals surface area contributed by atoms with E-state index in [1.165, 1.54) is 0 Å². The fourth-order valence-corrected chi connectivity index (χ4v) is 6.52. The molecule has 0 spiro atoms. The van der Waals surface area contributed by atoms with Crippen LogP contribution in [-0.2, 0) is 0 Å². The second-order valence-electron chi connectivity index (χ2n) is 12.2. The Balaban J connectivity index is 1.21. The molecule has 0 aliphatic carbocycles. The summed E-state index contributed by atoms with van der Waals surface area (Å²) in [4.78, 5) is 18.8. The Morgan fingerprint density at radius 2 is 1.02 bits per heavy atom. The highest BCUT2D eigenvalue weighted by atomic mass is 16.5. The smallest absolute Gasteiger partial charge is 0.234 e. The van der Waals surface area contributed by atoms with Crippen LogP contribution >= 0.6 is 0 Å². The summed E-state index contributed by atoms with van der Waals surface area (Å²) in [5.41, 5.74) is 6.77. The number of nitrogens with zero attached hydrogens (tertiary/aromatic N) is 5. The normalized spacial score (nSPS) is 11.3. The predicted octanol–water partition coefficient (Wildman–Crippen LogP) is 11.2. The average molecular weight is 654 g/mol. The molecule has 4 heterocycles. The van der Waals surface area contributed by atoms with Crippen molar-refractivity contribution in [1.82, 2.24) is 24.5 Å². The van der Waals surface area contributed by atoms with Crippen molar-refractivity contribution in [2.75, 3.05) is 0 Å². The topological polar surface area (TPSA) is 75.0 Å². The van der Waals surface area contributed by atoms with Gasteiger partial charge in [-0.15, -0.1) is 0 Å². The molecule has 0 saturated heterocycles. The Bertz CT molecular complexity index is 2260. The second-order valence-corrected chi connectivity index (χ2v) is 12.2. The van der Waals surface area contributed by atoms with Gasteiger partial charge in [0.1, 0.15) is 23.0 Å². The molecule has 0 atom stereocenters. The third kappa shape index (κ3) is 6.17. The van der Waals surface area contributed by atoms with Gasteiger partial charge in [-0.3, -0.25) is 14.5 Å². The highest BCUT2D eigenvalue weighted by Crippen LogP contribution is 2.38. The second kappa shape index (κ2) is 13.6. The van der Waals surface area contributed by atoms with E-state index in [-0.39, 0.29) is 0 Å². The summed E-state index contributed by atoms with van der Waals surface area (Å²) < 4.78 is 15.0. The summed E-state index contributed by atoms with van der Waals surface area (Å²) >= 11 is 0. The SMILES string of the molecule is CCC(CC)c1cnc(-n2c3cc(Oc4cccc(-c5ccccn5)c4)ccc3c3ccc(Oc4cccc(-c5ccccn5)c4)cc32)nc1. The third-order valence-electron chi connectivity index (χ3n) is 9.09. The highest BCUT2D eigenvalue weighted by Gasteiger charge is 2.18. The fraction of sp³-hybridized carbons (Fsp3) is 0.116. The maximum Gasteiger partial charge on any atom is 0.234 e. The molecule has 0 radical (unpaired) electrons. The van der Waals surface area contributed by atoms with E-state index in [0.29, 0.717) is 23.4 Å². The van der Waals surface area contributed by atoms with Crippen LogP contribution in [0, 0.1) is 0 Å². The van der Waals surface area contributed by atoms with Crippen molar-refractivity contribution < 1.29 is 9.47 Å². The lowest BCUT2D eigenvalue weighted by atomic mass is 9.97. The van der Waals surface area contributed by atoms with Crippen molar-refractivity contribution in [3.05, 3.63) is 152 Å². The van der Waals surface area contributed by atoms with Crippen LogP contribution in [0.15, 0.2) is 146 Å². The van der Waals surface area contributed by atoms with Crippen LogP contribution < -0.4 is 9.47 Å². The molecule has 50 heavy (non-hydrogen) atoms. The molecule has 4 aromatic carbocycles. The molecule has 244 valence electrons. The van der Waals surface area contributed by atoms with Gasteiger partial charge in [0.2, 0.25) is 5.95 Å². The van der Waals surface area contributed by atoms with Crippen molar-refractivity contribution in [1.29, 1.82) is 0 Å². The number of ether oxygens (including phenoxy) is 2. The molecular weight excluding hydrogens is 619 g/mol. The molecule has 0 unspecified atom stereocenters. The zero-order valence-corrected chi connectivity index (χ0v) is 27.9. The molecule has 8 aromatic rings. The first-order chi connectivity index (χ1) is 24.7. The summed E-state index contributed by atoms with van der Waals surface area (Å²) in [6.07, 6.45) is 9.60. The number of pyridine rings is 2. The maximum absolute atomic E-state index is 6.45. The molecule has 0 aliphatic heterocycles. The van der Waals surface area contributed by atoms with Crippen molar-refractivity contribution in [2.45, 2.75) is 32.6 Å². The maximum atomic E-state index is 6.45. The van der Waals surface area contributed by atoms with Gasteiger partial charge in [0, 0.05) is 58.8 Å².